The Kier molecular flexibility index (Phi) is 9.94. The van der Waals surface area contributed by atoms with Crippen LogP contribution in [0.1, 0.15) is 37.4 Å². The maximum atomic E-state index is 13.1. The molecule has 0 bridgehead atoms. The Balaban J connectivity index is 2.22. The summed E-state index contributed by atoms with van der Waals surface area (Å²) in [6.45, 7) is 2.99. The Morgan fingerprint density at radius 2 is 1.68 bits per heavy atom. The van der Waals surface area contributed by atoms with Gasteiger partial charge in [-0.05, 0) is 35.6 Å². The summed E-state index contributed by atoms with van der Waals surface area (Å²) in [5.74, 6) is -3.33. The summed E-state index contributed by atoms with van der Waals surface area (Å²) in [7, 11) is 0. The molecule has 0 aliphatic rings. The number of hydrogen-bond donors (Lipinski definition) is 3. The topological polar surface area (TPSA) is 92.4 Å². The normalized spacial score (nSPS) is 15.5. The van der Waals surface area contributed by atoms with Crippen LogP contribution in [0.4, 0.5) is 13.2 Å². The first-order valence-corrected chi connectivity index (χ1v) is 11.4. The number of nitrogens with one attached hydrogen (secondary N) is 1. The van der Waals surface area contributed by atoms with Crippen molar-refractivity contribution < 1.29 is 27.9 Å². The molecule has 186 valence electrons. The molecule has 0 radical (unpaired) electrons. The predicted octanol–water partition coefficient (Wildman–Crippen LogP) is 4.88. The average Bonchev–Trinajstić information content (AvgIpc) is 2.77. The van der Waals surface area contributed by atoms with Crippen LogP contribution in [0, 0.1) is 11.8 Å². The minimum absolute atomic E-state index is 0.0971. The van der Waals surface area contributed by atoms with Crippen LogP contribution in [0.3, 0.4) is 0 Å². The van der Waals surface area contributed by atoms with Gasteiger partial charge in [0.05, 0.1) is 16.1 Å². The number of ketones is 1. The number of carbonyl (C=O) groups is 2. The summed E-state index contributed by atoms with van der Waals surface area (Å²) in [4.78, 5) is 25.9. The van der Waals surface area contributed by atoms with Gasteiger partial charge in [0.1, 0.15) is 6.04 Å². The van der Waals surface area contributed by atoms with E-state index in [1.54, 1.807) is 48.5 Å². The molecule has 34 heavy (non-hydrogen) atoms. The largest absolute Gasteiger partial charge is 0.414 e. The minimum Gasteiger partial charge on any atom is -0.383 e. The van der Waals surface area contributed by atoms with Gasteiger partial charge in [0.2, 0.25) is 5.91 Å². The maximum absolute atomic E-state index is 13.1. The second kappa shape index (κ2) is 12.0. The highest BCUT2D eigenvalue weighted by Crippen LogP contribution is 2.33. The Labute approximate surface area is 206 Å². The van der Waals surface area contributed by atoms with Gasteiger partial charge >= 0.3 is 6.18 Å². The molecule has 0 aliphatic heterocycles. The maximum Gasteiger partial charge on any atom is 0.414 e. The Hall–Kier alpha value is -2.13. The van der Waals surface area contributed by atoms with E-state index >= 15 is 0 Å². The van der Waals surface area contributed by atoms with Gasteiger partial charge in [0.25, 0.3) is 0 Å². The highest BCUT2D eigenvalue weighted by Gasteiger charge is 2.45. The smallest absolute Gasteiger partial charge is 0.383 e. The van der Waals surface area contributed by atoms with Crippen molar-refractivity contribution in [3.8, 4) is 0 Å². The van der Waals surface area contributed by atoms with E-state index in [9.17, 15) is 27.9 Å². The van der Waals surface area contributed by atoms with E-state index in [0.29, 0.717) is 21.2 Å². The highest BCUT2D eigenvalue weighted by atomic mass is 35.5. The van der Waals surface area contributed by atoms with Crippen molar-refractivity contribution >= 4 is 34.9 Å². The molecule has 0 spiro atoms. The molecule has 0 aliphatic carbocycles. The Morgan fingerprint density at radius 3 is 2.21 bits per heavy atom. The van der Waals surface area contributed by atoms with Crippen molar-refractivity contribution in [2.75, 3.05) is 0 Å². The van der Waals surface area contributed by atoms with Crippen LogP contribution in [0.2, 0.25) is 10.0 Å². The molecule has 0 fully saturated rings. The number of alkyl halides is 3. The fraction of sp³-hybridized carbons (Fsp3) is 0.417. The third-order valence-corrected chi connectivity index (χ3v) is 6.29. The molecule has 2 aromatic rings. The summed E-state index contributed by atoms with van der Waals surface area (Å²) in [6.07, 6.45) is -8.02. The molecule has 2 aromatic carbocycles. The second-order valence-electron chi connectivity index (χ2n) is 8.48. The van der Waals surface area contributed by atoms with E-state index in [-0.39, 0.29) is 6.42 Å². The second-order valence-corrected chi connectivity index (χ2v) is 9.29. The van der Waals surface area contributed by atoms with Gasteiger partial charge in [-0.3, -0.25) is 9.59 Å². The molecule has 10 heteroatoms. The molecule has 4 atom stereocenters. The van der Waals surface area contributed by atoms with Gasteiger partial charge in [0, 0.05) is 12.3 Å². The zero-order valence-corrected chi connectivity index (χ0v) is 20.2. The van der Waals surface area contributed by atoms with E-state index in [1.165, 1.54) is 13.8 Å². The van der Waals surface area contributed by atoms with Crippen LogP contribution in [-0.4, -0.2) is 35.1 Å². The molecule has 0 aromatic heterocycles. The van der Waals surface area contributed by atoms with Crippen molar-refractivity contribution in [2.24, 2.45) is 17.6 Å². The first kappa shape index (κ1) is 28.1. The van der Waals surface area contributed by atoms with Crippen LogP contribution >= 0.6 is 23.2 Å². The highest BCUT2D eigenvalue weighted by molar-refractivity contribution is 6.42. The molecular weight excluding hydrogens is 492 g/mol. The van der Waals surface area contributed by atoms with Crippen molar-refractivity contribution in [3.05, 3.63) is 69.7 Å². The molecule has 2 rings (SSSR count). The first-order valence-electron chi connectivity index (χ1n) is 10.6. The van der Waals surface area contributed by atoms with Gasteiger partial charge in [-0.25, -0.2) is 0 Å². The lowest BCUT2D eigenvalue weighted by atomic mass is 9.83. The lowest BCUT2D eigenvalue weighted by Crippen LogP contribution is -2.46. The molecule has 5 nitrogen and oxygen atoms in total. The van der Waals surface area contributed by atoms with Crippen LogP contribution in [0.15, 0.2) is 48.5 Å². The van der Waals surface area contributed by atoms with Crippen LogP contribution < -0.4 is 11.1 Å². The fourth-order valence-corrected chi connectivity index (χ4v) is 3.88. The number of benzene rings is 2. The van der Waals surface area contributed by atoms with Crippen LogP contribution in [0.25, 0.3) is 0 Å². The number of amides is 1. The van der Waals surface area contributed by atoms with E-state index in [1.807, 2.05) is 0 Å². The molecule has 0 heterocycles. The Bertz CT molecular complexity index is 987. The van der Waals surface area contributed by atoms with Crippen LogP contribution in [0.5, 0.6) is 0 Å². The number of Topliss-reactive ketones (excluding diaryl/α,β-unsaturated/α-hetero) is 1. The lowest BCUT2D eigenvalue weighted by Gasteiger charge is -2.29. The van der Waals surface area contributed by atoms with E-state index in [4.69, 9.17) is 28.9 Å². The monoisotopic (exact) mass is 518 g/mol. The third-order valence-electron chi connectivity index (χ3n) is 5.55. The van der Waals surface area contributed by atoms with Gasteiger partial charge in [0.15, 0.2) is 11.9 Å². The molecule has 0 unspecified atom stereocenters. The summed E-state index contributed by atoms with van der Waals surface area (Å²) in [5, 5.41) is 13.0. The number of rotatable bonds is 10. The number of halogens is 5. The molecular formula is C24H27Cl2F3N2O3. The van der Waals surface area contributed by atoms with Gasteiger partial charge < -0.3 is 16.2 Å². The van der Waals surface area contributed by atoms with E-state index < -0.39 is 54.3 Å². The number of nitrogens with two attached hydrogens (primary N) is 1. The quantitative estimate of drug-likeness (QED) is 0.418. The summed E-state index contributed by atoms with van der Waals surface area (Å²) < 4.78 is 39.4. The molecule has 1 amide bonds. The summed E-state index contributed by atoms with van der Waals surface area (Å²) >= 11 is 11.9. The number of carbonyl (C=O) groups excluding carboxylic acids is 2. The standard InChI is InChI=1S/C24H27Cl2F3N2O3/c1-13(2)16(22(33)24(27,28)29)12-20(32)21(15-6-4-3-5-7-15)31-23(34)19(30)11-14-8-9-17(25)18(26)10-14/h3-10,13,16,19,21-22,33H,11-12,30H2,1-2H3,(H,31,34)/t16-,19-,21-,22-/m0/s1. The fourth-order valence-electron chi connectivity index (χ4n) is 3.56. The average molecular weight is 519 g/mol. The molecule has 0 saturated heterocycles. The van der Waals surface area contributed by atoms with E-state index in [0.717, 1.165) is 0 Å². The van der Waals surface area contributed by atoms with Gasteiger partial charge in [-0.1, -0.05) is 73.4 Å². The van der Waals surface area contributed by atoms with E-state index in [2.05, 4.69) is 5.32 Å². The first-order chi connectivity index (χ1) is 15.8. The predicted molar refractivity (Wildman–Crippen MR) is 125 cm³/mol. The van der Waals surface area contributed by atoms with Crippen molar-refractivity contribution in [1.29, 1.82) is 0 Å². The summed E-state index contributed by atoms with van der Waals surface area (Å²) in [6, 6.07) is 10.7. The third kappa shape index (κ3) is 7.70. The van der Waals surface area contributed by atoms with Crippen molar-refractivity contribution in [2.45, 2.75) is 51.1 Å². The van der Waals surface area contributed by atoms with Gasteiger partial charge in [-0.2, -0.15) is 13.2 Å². The molecule has 4 N–H and O–H groups in total. The van der Waals surface area contributed by atoms with Crippen molar-refractivity contribution in [3.63, 3.8) is 0 Å². The number of hydrogen-bond acceptors (Lipinski definition) is 4. The summed E-state index contributed by atoms with van der Waals surface area (Å²) in [5.41, 5.74) is 7.07. The van der Waals surface area contributed by atoms with Crippen LogP contribution in [-0.2, 0) is 16.0 Å². The molecule has 0 saturated carbocycles. The minimum atomic E-state index is -4.87. The number of aliphatic hydroxyl groups excluding tert-OH is 1. The zero-order valence-electron chi connectivity index (χ0n) is 18.7. The van der Waals surface area contributed by atoms with Crippen molar-refractivity contribution in [1.82, 2.24) is 5.32 Å². The zero-order chi connectivity index (χ0) is 25.6. The Morgan fingerprint density at radius 1 is 1.06 bits per heavy atom. The SMILES string of the molecule is CC(C)[C@H](CC(=O)[C@@H](NC(=O)[C@@H](N)Cc1ccc(Cl)c(Cl)c1)c1ccccc1)[C@H](O)C(F)(F)F. The van der Waals surface area contributed by atoms with Gasteiger partial charge in [-0.15, -0.1) is 0 Å². The lowest BCUT2D eigenvalue weighted by molar-refractivity contribution is -0.224. The number of aliphatic hydroxyl groups is 1.